The van der Waals surface area contributed by atoms with E-state index in [1.807, 2.05) is 6.07 Å². The normalized spacial score (nSPS) is 25.0. The van der Waals surface area contributed by atoms with Crippen LogP contribution in [0.1, 0.15) is 18.6 Å². The van der Waals surface area contributed by atoms with Gasteiger partial charge in [-0.25, -0.2) is 0 Å². The summed E-state index contributed by atoms with van der Waals surface area (Å²) in [6.45, 7) is 6.40. The number of benzene rings is 1. The van der Waals surface area contributed by atoms with Gasteiger partial charge >= 0.3 is 0 Å². The lowest BCUT2D eigenvalue weighted by Crippen LogP contribution is -2.40. The van der Waals surface area contributed by atoms with Crippen LogP contribution in [-0.2, 0) is 9.57 Å². The Kier molecular flexibility index (Phi) is 4.78. The molecule has 3 aliphatic rings. The van der Waals surface area contributed by atoms with Crippen LogP contribution < -0.4 is 18.9 Å². The first kappa shape index (κ1) is 17.2. The lowest BCUT2D eigenvalue weighted by atomic mass is 9.92. The van der Waals surface area contributed by atoms with Crippen molar-refractivity contribution in [1.82, 2.24) is 4.90 Å². The van der Waals surface area contributed by atoms with Gasteiger partial charge in [-0.15, -0.1) is 0 Å². The fourth-order valence-electron chi connectivity index (χ4n) is 3.57. The molecule has 142 valence electrons. The van der Waals surface area contributed by atoms with Gasteiger partial charge in [0.25, 0.3) is 0 Å². The van der Waals surface area contributed by atoms with Crippen molar-refractivity contribution >= 4 is 5.71 Å². The first-order valence-corrected chi connectivity index (χ1v) is 8.80. The average Bonchev–Trinajstić information content (AvgIpc) is 3.29. The molecule has 1 aromatic rings. The fraction of sp³-hybridized carbons (Fsp3) is 0.611. The van der Waals surface area contributed by atoms with Crippen LogP contribution in [-0.4, -0.2) is 64.5 Å². The van der Waals surface area contributed by atoms with Crippen molar-refractivity contribution in [2.75, 3.05) is 53.9 Å². The zero-order valence-electron chi connectivity index (χ0n) is 15.3. The zero-order chi connectivity index (χ0) is 18.1. The van der Waals surface area contributed by atoms with Crippen LogP contribution in [0.5, 0.6) is 23.0 Å². The van der Waals surface area contributed by atoms with E-state index < -0.39 is 0 Å². The summed E-state index contributed by atoms with van der Waals surface area (Å²) in [5, 5.41) is 4.36. The van der Waals surface area contributed by atoms with Gasteiger partial charge < -0.3 is 28.5 Å². The maximum atomic E-state index is 5.81. The Morgan fingerprint density at radius 1 is 1.15 bits per heavy atom. The number of oxime groups is 1. The quantitative estimate of drug-likeness (QED) is 0.789. The number of nitrogens with zero attached hydrogens (tertiary/aromatic N) is 2. The predicted octanol–water partition coefficient (Wildman–Crippen LogP) is 1.83. The fourth-order valence-corrected chi connectivity index (χ4v) is 3.57. The second kappa shape index (κ2) is 7.20. The molecule has 0 amide bonds. The van der Waals surface area contributed by atoms with Crippen LogP contribution >= 0.6 is 0 Å². The van der Waals surface area contributed by atoms with Crippen molar-refractivity contribution in [3.8, 4) is 23.0 Å². The third kappa shape index (κ3) is 2.93. The Morgan fingerprint density at radius 2 is 1.92 bits per heavy atom. The molecule has 0 aliphatic carbocycles. The number of fused-ring (bicyclic) bond motifs is 1. The lowest BCUT2D eigenvalue weighted by Gasteiger charge is -2.27. The molecule has 0 radical (unpaired) electrons. The average molecular weight is 364 g/mol. The monoisotopic (exact) mass is 364 g/mol. The summed E-state index contributed by atoms with van der Waals surface area (Å²) < 4.78 is 27.6. The molecule has 0 bridgehead atoms. The molecule has 8 heteroatoms. The van der Waals surface area contributed by atoms with Crippen LogP contribution in [0.3, 0.4) is 0 Å². The number of methoxy groups -OCH3 is 2. The van der Waals surface area contributed by atoms with Crippen molar-refractivity contribution in [1.29, 1.82) is 0 Å². The van der Waals surface area contributed by atoms with E-state index in [-0.39, 0.29) is 18.8 Å². The summed E-state index contributed by atoms with van der Waals surface area (Å²) in [5.41, 5.74) is 1.87. The number of hydrogen-bond acceptors (Lipinski definition) is 8. The van der Waals surface area contributed by atoms with Crippen molar-refractivity contribution < 1.29 is 28.5 Å². The number of rotatable bonds is 5. The molecular weight excluding hydrogens is 340 g/mol. The molecule has 0 unspecified atom stereocenters. The zero-order valence-corrected chi connectivity index (χ0v) is 15.3. The van der Waals surface area contributed by atoms with Crippen LogP contribution in [0.2, 0.25) is 0 Å². The smallest absolute Gasteiger partial charge is 0.231 e. The van der Waals surface area contributed by atoms with Crippen LogP contribution in [0.15, 0.2) is 11.2 Å². The molecule has 0 spiro atoms. The Balaban J connectivity index is 1.58. The van der Waals surface area contributed by atoms with Gasteiger partial charge in [-0.05, 0) is 6.07 Å². The highest BCUT2D eigenvalue weighted by molar-refractivity contribution is 5.90. The maximum absolute atomic E-state index is 5.81. The first-order valence-electron chi connectivity index (χ1n) is 8.80. The van der Waals surface area contributed by atoms with E-state index in [0.717, 1.165) is 44.1 Å². The van der Waals surface area contributed by atoms with Crippen molar-refractivity contribution in [3.63, 3.8) is 0 Å². The molecule has 1 fully saturated rings. The Hall–Kier alpha value is -2.19. The molecule has 0 saturated carbocycles. The first-order chi connectivity index (χ1) is 12.7. The summed E-state index contributed by atoms with van der Waals surface area (Å²) in [6.07, 6.45) is -0.260. The van der Waals surface area contributed by atoms with E-state index in [1.165, 1.54) is 0 Å². The number of morpholine rings is 1. The number of hydrogen-bond donors (Lipinski definition) is 0. The minimum Gasteiger partial charge on any atom is -0.493 e. The molecule has 3 aliphatic heterocycles. The highest BCUT2D eigenvalue weighted by atomic mass is 16.7. The molecule has 26 heavy (non-hydrogen) atoms. The van der Waals surface area contributed by atoms with E-state index in [4.69, 9.17) is 28.5 Å². The molecule has 1 aromatic carbocycles. The molecule has 4 rings (SSSR count). The predicted molar refractivity (Wildman–Crippen MR) is 93.4 cm³/mol. The van der Waals surface area contributed by atoms with Crippen LogP contribution in [0.4, 0.5) is 0 Å². The van der Waals surface area contributed by atoms with Gasteiger partial charge in [-0.3, -0.25) is 4.90 Å². The molecular formula is C18H24N2O6. The SMILES string of the molecule is COc1cc([C@@H]2ON=C(CN3CCOCC3)[C@H]2C)c(OC)c2c1OCO2. The Morgan fingerprint density at radius 3 is 2.65 bits per heavy atom. The van der Waals surface area contributed by atoms with Gasteiger partial charge in [0.1, 0.15) is 0 Å². The van der Waals surface area contributed by atoms with Crippen molar-refractivity contribution in [3.05, 3.63) is 11.6 Å². The van der Waals surface area contributed by atoms with Gasteiger partial charge in [0.05, 0.1) is 33.1 Å². The van der Waals surface area contributed by atoms with Crippen molar-refractivity contribution in [2.24, 2.45) is 11.1 Å². The van der Waals surface area contributed by atoms with E-state index in [0.29, 0.717) is 23.0 Å². The molecule has 0 N–H and O–H groups in total. The highest BCUT2D eigenvalue weighted by Gasteiger charge is 2.38. The van der Waals surface area contributed by atoms with Crippen LogP contribution in [0.25, 0.3) is 0 Å². The van der Waals surface area contributed by atoms with E-state index in [2.05, 4.69) is 17.0 Å². The maximum Gasteiger partial charge on any atom is 0.231 e. The molecule has 3 heterocycles. The molecule has 2 atom stereocenters. The summed E-state index contributed by atoms with van der Waals surface area (Å²) >= 11 is 0. The lowest BCUT2D eigenvalue weighted by molar-refractivity contribution is 0.0449. The molecule has 1 saturated heterocycles. The Bertz CT molecular complexity index is 701. The van der Waals surface area contributed by atoms with Crippen molar-refractivity contribution in [2.45, 2.75) is 13.0 Å². The van der Waals surface area contributed by atoms with Gasteiger partial charge in [0.2, 0.25) is 18.3 Å². The van der Waals surface area contributed by atoms with Gasteiger partial charge in [-0.2, -0.15) is 0 Å². The van der Waals surface area contributed by atoms with Gasteiger partial charge in [0.15, 0.2) is 17.6 Å². The topological polar surface area (TPSA) is 71.0 Å². The Labute approximate surface area is 152 Å². The van der Waals surface area contributed by atoms with Gasteiger partial charge in [0, 0.05) is 31.1 Å². The second-order valence-electron chi connectivity index (χ2n) is 6.55. The minimum atomic E-state index is -0.260. The summed E-state index contributed by atoms with van der Waals surface area (Å²) in [7, 11) is 3.22. The van der Waals surface area contributed by atoms with E-state index in [9.17, 15) is 0 Å². The van der Waals surface area contributed by atoms with Crippen LogP contribution in [0, 0.1) is 5.92 Å². The molecule has 0 aromatic heterocycles. The third-order valence-electron chi connectivity index (χ3n) is 5.07. The summed E-state index contributed by atoms with van der Waals surface area (Å²) in [6, 6.07) is 1.89. The second-order valence-corrected chi connectivity index (χ2v) is 6.55. The third-order valence-corrected chi connectivity index (χ3v) is 5.07. The van der Waals surface area contributed by atoms with E-state index >= 15 is 0 Å². The summed E-state index contributed by atoms with van der Waals surface area (Å²) in [4.78, 5) is 8.14. The standard InChI is InChI=1S/C18H24N2O6/c1-11-13(9-20-4-6-23-7-5-20)19-26-15(11)12-8-14(21-2)17-18(16(12)22-3)25-10-24-17/h8,11,15H,4-7,9-10H2,1-3H3/t11-,15-/m1/s1. The molecule has 8 nitrogen and oxygen atoms in total. The van der Waals surface area contributed by atoms with Gasteiger partial charge in [-0.1, -0.05) is 12.1 Å². The minimum absolute atomic E-state index is 0.108. The number of ether oxygens (including phenoxy) is 5. The highest BCUT2D eigenvalue weighted by Crippen LogP contribution is 2.53. The largest absolute Gasteiger partial charge is 0.493 e. The summed E-state index contributed by atoms with van der Waals surface area (Å²) in [5.74, 6) is 2.44. The van der Waals surface area contributed by atoms with E-state index in [1.54, 1.807) is 14.2 Å².